The lowest BCUT2D eigenvalue weighted by Crippen LogP contribution is -2.57. The molecular formula is C16H24ClN3O3S. The molecule has 6 nitrogen and oxygen atoms in total. The third-order valence-corrected chi connectivity index (χ3v) is 6.76. The molecule has 2 aliphatic heterocycles. The molecule has 0 N–H and O–H groups in total. The fraction of sp³-hybridized carbons (Fsp3) is 0.625. The van der Waals surface area contributed by atoms with Gasteiger partial charge in [0.15, 0.2) is 0 Å². The Balaban J connectivity index is 1.66. The summed E-state index contributed by atoms with van der Waals surface area (Å²) < 4.78 is 34.6. The van der Waals surface area contributed by atoms with Crippen molar-refractivity contribution in [3.05, 3.63) is 29.3 Å². The highest BCUT2D eigenvalue weighted by Crippen LogP contribution is 2.27. The zero-order valence-corrected chi connectivity index (χ0v) is 15.6. The Labute approximate surface area is 149 Å². The molecule has 0 bridgehead atoms. The van der Waals surface area contributed by atoms with Gasteiger partial charge in [0.05, 0.1) is 22.9 Å². The SMILES string of the molecule is C[C@@H]1CN(S(=O)(=O)N2CCN(c3ccccc3Cl)CC2)C[C@H](C)O1. The number of benzene rings is 1. The summed E-state index contributed by atoms with van der Waals surface area (Å²) in [4.78, 5) is 2.14. The molecule has 0 aromatic heterocycles. The number of para-hydroxylation sites is 1. The van der Waals surface area contributed by atoms with Crippen molar-refractivity contribution in [3.8, 4) is 0 Å². The van der Waals surface area contributed by atoms with E-state index in [9.17, 15) is 8.42 Å². The monoisotopic (exact) mass is 373 g/mol. The number of ether oxygens (including phenoxy) is 1. The molecule has 0 amide bonds. The van der Waals surface area contributed by atoms with Gasteiger partial charge in [0, 0.05) is 39.3 Å². The lowest BCUT2D eigenvalue weighted by molar-refractivity contribution is -0.0455. The van der Waals surface area contributed by atoms with Gasteiger partial charge in [-0.05, 0) is 26.0 Å². The average molecular weight is 374 g/mol. The number of piperazine rings is 1. The number of rotatable bonds is 3. The number of hydrogen-bond donors (Lipinski definition) is 0. The van der Waals surface area contributed by atoms with E-state index >= 15 is 0 Å². The molecule has 2 atom stereocenters. The molecule has 8 heteroatoms. The highest BCUT2D eigenvalue weighted by molar-refractivity contribution is 7.86. The topological polar surface area (TPSA) is 53.1 Å². The molecule has 0 radical (unpaired) electrons. The normalized spacial score (nSPS) is 27.4. The van der Waals surface area contributed by atoms with Crippen molar-refractivity contribution in [1.82, 2.24) is 8.61 Å². The van der Waals surface area contributed by atoms with Crippen LogP contribution in [0.1, 0.15) is 13.8 Å². The van der Waals surface area contributed by atoms with E-state index in [0.29, 0.717) is 44.3 Å². The van der Waals surface area contributed by atoms with Gasteiger partial charge in [-0.15, -0.1) is 0 Å². The van der Waals surface area contributed by atoms with Crippen LogP contribution in [0, 0.1) is 0 Å². The quantitative estimate of drug-likeness (QED) is 0.811. The minimum atomic E-state index is -3.44. The van der Waals surface area contributed by atoms with E-state index in [1.165, 1.54) is 0 Å². The van der Waals surface area contributed by atoms with Crippen LogP contribution in [0.4, 0.5) is 5.69 Å². The lowest BCUT2D eigenvalue weighted by Gasteiger charge is -2.40. The second-order valence-electron chi connectivity index (χ2n) is 6.42. The number of halogens is 1. The van der Waals surface area contributed by atoms with E-state index in [2.05, 4.69) is 4.90 Å². The third kappa shape index (κ3) is 3.70. The molecule has 2 saturated heterocycles. The molecule has 2 aliphatic rings. The Morgan fingerprint density at radius 1 is 1.00 bits per heavy atom. The maximum absolute atomic E-state index is 12.9. The summed E-state index contributed by atoms with van der Waals surface area (Å²) in [5, 5.41) is 0.699. The van der Waals surface area contributed by atoms with Crippen LogP contribution in [0.15, 0.2) is 24.3 Å². The summed E-state index contributed by atoms with van der Waals surface area (Å²) in [6, 6.07) is 7.67. The van der Waals surface area contributed by atoms with Gasteiger partial charge in [0.2, 0.25) is 0 Å². The minimum Gasteiger partial charge on any atom is -0.373 e. The first kappa shape index (κ1) is 17.9. The van der Waals surface area contributed by atoms with E-state index in [1.54, 1.807) is 8.61 Å². The number of anilines is 1. The van der Waals surface area contributed by atoms with Gasteiger partial charge < -0.3 is 9.64 Å². The molecule has 0 saturated carbocycles. The van der Waals surface area contributed by atoms with Crippen LogP contribution in [0.5, 0.6) is 0 Å². The summed E-state index contributed by atoms with van der Waals surface area (Å²) in [6.45, 7) is 6.86. The highest BCUT2D eigenvalue weighted by Gasteiger charge is 2.36. The van der Waals surface area contributed by atoms with Crippen molar-refractivity contribution in [2.45, 2.75) is 26.1 Å². The highest BCUT2D eigenvalue weighted by atomic mass is 35.5. The fourth-order valence-corrected chi connectivity index (χ4v) is 5.35. The first-order valence-electron chi connectivity index (χ1n) is 8.28. The van der Waals surface area contributed by atoms with Gasteiger partial charge in [-0.1, -0.05) is 23.7 Å². The van der Waals surface area contributed by atoms with Crippen LogP contribution in [0.3, 0.4) is 0 Å². The van der Waals surface area contributed by atoms with Gasteiger partial charge in [-0.25, -0.2) is 0 Å². The Morgan fingerprint density at radius 3 is 2.17 bits per heavy atom. The molecular weight excluding hydrogens is 350 g/mol. The fourth-order valence-electron chi connectivity index (χ4n) is 3.35. The maximum Gasteiger partial charge on any atom is 0.282 e. The molecule has 0 spiro atoms. The molecule has 1 aromatic rings. The van der Waals surface area contributed by atoms with Gasteiger partial charge in [-0.3, -0.25) is 0 Å². The predicted molar refractivity (Wildman–Crippen MR) is 95.7 cm³/mol. The van der Waals surface area contributed by atoms with E-state index < -0.39 is 10.2 Å². The van der Waals surface area contributed by atoms with Crippen molar-refractivity contribution in [1.29, 1.82) is 0 Å². The molecule has 1 aromatic carbocycles. The lowest BCUT2D eigenvalue weighted by atomic mass is 10.2. The van der Waals surface area contributed by atoms with E-state index in [4.69, 9.17) is 16.3 Å². The van der Waals surface area contributed by atoms with Crippen LogP contribution in [0.25, 0.3) is 0 Å². The average Bonchev–Trinajstić information content (AvgIpc) is 2.54. The van der Waals surface area contributed by atoms with Crippen molar-refractivity contribution in [2.75, 3.05) is 44.2 Å². The smallest absolute Gasteiger partial charge is 0.282 e. The maximum atomic E-state index is 12.9. The van der Waals surface area contributed by atoms with E-state index in [0.717, 1.165) is 5.69 Å². The van der Waals surface area contributed by atoms with Crippen LogP contribution in [-0.2, 0) is 14.9 Å². The van der Waals surface area contributed by atoms with Gasteiger partial charge >= 0.3 is 0 Å². The first-order chi connectivity index (χ1) is 11.4. The van der Waals surface area contributed by atoms with Gasteiger partial charge in [-0.2, -0.15) is 17.0 Å². The summed E-state index contributed by atoms with van der Waals surface area (Å²) >= 11 is 6.24. The van der Waals surface area contributed by atoms with E-state index in [1.807, 2.05) is 38.1 Å². The summed E-state index contributed by atoms with van der Waals surface area (Å²) in [5.74, 6) is 0. The van der Waals surface area contributed by atoms with Crippen molar-refractivity contribution in [2.24, 2.45) is 0 Å². The van der Waals surface area contributed by atoms with Crippen LogP contribution in [0.2, 0.25) is 5.02 Å². The van der Waals surface area contributed by atoms with Crippen LogP contribution >= 0.6 is 11.6 Å². The van der Waals surface area contributed by atoms with Crippen LogP contribution in [-0.4, -0.2) is 68.5 Å². The Bertz CT molecular complexity index is 667. The van der Waals surface area contributed by atoms with E-state index in [-0.39, 0.29) is 12.2 Å². The Morgan fingerprint density at radius 2 is 1.58 bits per heavy atom. The second-order valence-corrected chi connectivity index (χ2v) is 8.76. The van der Waals surface area contributed by atoms with Crippen molar-refractivity contribution >= 4 is 27.5 Å². The number of nitrogens with zero attached hydrogens (tertiary/aromatic N) is 3. The summed E-state index contributed by atoms with van der Waals surface area (Å²) in [7, 11) is -3.44. The predicted octanol–water partition coefficient (Wildman–Crippen LogP) is 1.82. The van der Waals surface area contributed by atoms with Crippen molar-refractivity contribution in [3.63, 3.8) is 0 Å². The zero-order valence-electron chi connectivity index (χ0n) is 14.1. The van der Waals surface area contributed by atoms with Gasteiger partial charge in [0.1, 0.15) is 0 Å². The van der Waals surface area contributed by atoms with Gasteiger partial charge in [0.25, 0.3) is 10.2 Å². The standard InChI is InChI=1S/C16H24ClN3O3S/c1-13-11-20(12-14(2)23-13)24(21,22)19-9-7-18(8-10-19)16-6-4-3-5-15(16)17/h3-6,13-14H,7-12H2,1-2H3/t13-,14+. The van der Waals surface area contributed by atoms with Crippen molar-refractivity contribution < 1.29 is 13.2 Å². The molecule has 0 unspecified atom stereocenters. The molecule has 0 aliphatic carbocycles. The second kappa shape index (κ2) is 7.17. The minimum absolute atomic E-state index is 0.0760. The third-order valence-electron chi connectivity index (χ3n) is 4.47. The number of morpholine rings is 1. The molecule has 2 fully saturated rings. The Hall–Kier alpha value is -0.860. The Kier molecular flexibility index (Phi) is 5.36. The number of hydrogen-bond acceptors (Lipinski definition) is 4. The zero-order chi connectivity index (χ0) is 17.3. The molecule has 2 heterocycles. The molecule has 24 heavy (non-hydrogen) atoms. The summed E-state index contributed by atoms with van der Waals surface area (Å²) in [5.41, 5.74) is 0.963. The molecule has 3 rings (SSSR count). The molecule has 134 valence electrons. The largest absolute Gasteiger partial charge is 0.373 e. The van der Waals surface area contributed by atoms with Crippen LogP contribution < -0.4 is 4.90 Å². The first-order valence-corrected chi connectivity index (χ1v) is 10.1. The summed E-state index contributed by atoms with van der Waals surface area (Å²) in [6.07, 6.45) is -0.152.